The van der Waals surface area contributed by atoms with Crippen LogP contribution < -0.4 is 26.3 Å². The number of nitrogens with zero attached hydrogens (tertiary/aromatic N) is 6. The van der Waals surface area contributed by atoms with Crippen molar-refractivity contribution in [2.75, 3.05) is 347 Å². The first-order valence-corrected chi connectivity index (χ1v) is 44.1. The van der Waals surface area contributed by atoms with Gasteiger partial charge in [-0.3, -0.25) is 29.4 Å². The SMILES string of the molecule is CCN(Cc1nnc(-c2cccc(NC(=O)CCOCCOCCOCCOCCOCCOCCOCCOCCOCCOCCOCCOCCOCCOCCOCCOCCOCCOCCOCCOCCOCCOCCOCCOCCNC(=O)CCN3C(=O)C=CC3=O)c2)nn1)C(=O)Oc1ccc(COC(=O)Nc2ccc3c(C)cc(=O)oc3c2)cc1. The molecular formula is C88H133N9O34. The van der Waals surface area contributed by atoms with E-state index < -0.39 is 29.6 Å². The highest BCUT2D eigenvalue weighted by Gasteiger charge is 2.24. The number of imide groups is 1. The van der Waals surface area contributed by atoms with Crippen LogP contribution in [0, 0.1) is 6.92 Å². The number of aromatic nitrogens is 4. The highest BCUT2D eigenvalue weighted by Crippen LogP contribution is 2.23. The number of nitrogens with one attached hydrogen (secondary N) is 3. The van der Waals surface area contributed by atoms with Gasteiger partial charge < -0.3 is 143 Å². The van der Waals surface area contributed by atoms with Gasteiger partial charge in [-0.15, -0.1) is 20.4 Å². The Morgan fingerprint density at radius 3 is 1.11 bits per heavy atom. The van der Waals surface area contributed by atoms with Gasteiger partial charge in [-0.2, -0.15) is 0 Å². The summed E-state index contributed by atoms with van der Waals surface area (Å²) in [5.74, 6) is -0.670. The van der Waals surface area contributed by atoms with Crippen molar-refractivity contribution in [2.24, 2.45) is 0 Å². The van der Waals surface area contributed by atoms with Gasteiger partial charge in [-0.1, -0.05) is 24.3 Å². The number of fused-ring (bicyclic) bond motifs is 1. The van der Waals surface area contributed by atoms with E-state index in [1.54, 1.807) is 80.6 Å². The van der Waals surface area contributed by atoms with Crippen molar-refractivity contribution < 1.29 is 156 Å². The van der Waals surface area contributed by atoms with E-state index >= 15 is 0 Å². The maximum atomic E-state index is 13.1. The van der Waals surface area contributed by atoms with E-state index in [1.807, 2.05) is 0 Å². The number of ether oxygens (including phenoxy) is 26. The summed E-state index contributed by atoms with van der Waals surface area (Å²) in [5.41, 5.74) is 2.73. The van der Waals surface area contributed by atoms with Crippen LogP contribution in [-0.4, -0.2) is 403 Å². The molecule has 43 heteroatoms. The van der Waals surface area contributed by atoms with Crippen molar-refractivity contribution in [1.82, 2.24) is 35.5 Å². The lowest BCUT2D eigenvalue weighted by molar-refractivity contribution is -0.137. The van der Waals surface area contributed by atoms with E-state index in [1.165, 1.54) is 23.1 Å². The van der Waals surface area contributed by atoms with Gasteiger partial charge in [0.05, 0.1) is 330 Å². The van der Waals surface area contributed by atoms with E-state index in [-0.39, 0.29) is 74.9 Å². The van der Waals surface area contributed by atoms with Gasteiger partial charge in [0.1, 0.15) is 17.9 Å². The molecule has 0 atom stereocenters. The molecule has 3 heterocycles. The summed E-state index contributed by atoms with van der Waals surface area (Å²) < 4.78 is 149. The number of carbonyl (C=O) groups excluding carboxylic acids is 6. The molecule has 131 heavy (non-hydrogen) atoms. The average Bonchev–Trinajstić information content (AvgIpc) is 1.75. The van der Waals surface area contributed by atoms with Crippen LogP contribution in [0.3, 0.4) is 0 Å². The molecule has 6 rings (SSSR count). The largest absolute Gasteiger partial charge is 0.444 e. The second-order valence-electron chi connectivity index (χ2n) is 27.7. The minimum absolute atomic E-state index is 0.0286. The molecule has 2 aromatic heterocycles. The van der Waals surface area contributed by atoms with Crippen molar-refractivity contribution in [3.05, 3.63) is 112 Å². The second kappa shape index (κ2) is 76.6. The van der Waals surface area contributed by atoms with Gasteiger partial charge in [-0.05, 0) is 61.4 Å². The predicted octanol–water partition coefficient (Wildman–Crippen LogP) is 4.28. The van der Waals surface area contributed by atoms with Crippen LogP contribution in [0.4, 0.5) is 21.0 Å². The number of amides is 6. The maximum Gasteiger partial charge on any atom is 0.415 e. The summed E-state index contributed by atoms with van der Waals surface area (Å²) >= 11 is 0. The maximum absolute atomic E-state index is 13.1. The van der Waals surface area contributed by atoms with Crippen LogP contribution in [0.25, 0.3) is 22.4 Å². The fraction of sp³-hybridized carbons (Fsp3) is 0.648. The van der Waals surface area contributed by atoms with Gasteiger partial charge in [0.25, 0.3) is 11.8 Å². The lowest BCUT2D eigenvalue weighted by Gasteiger charge is -2.19. The first-order chi connectivity index (χ1) is 64.4. The Labute approximate surface area is 763 Å². The number of benzene rings is 3. The van der Waals surface area contributed by atoms with Crippen LogP contribution in [0.1, 0.15) is 36.7 Å². The highest BCUT2D eigenvalue weighted by molar-refractivity contribution is 6.13. The molecule has 43 nitrogen and oxygen atoms in total. The second-order valence-corrected chi connectivity index (χ2v) is 27.7. The smallest absolute Gasteiger partial charge is 0.415 e. The minimum atomic E-state index is -0.712. The van der Waals surface area contributed by atoms with Crippen LogP contribution in [0.2, 0.25) is 0 Å². The Hall–Kier alpha value is -8.79. The van der Waals surface area contributed by atoms with Gasteiger partial charge >= 0.3 is 17.8 Å². The van der Waals surface area contributed by atoms with Crippen molar-refractivity contribution in [1.29, 1.82) is 0 Å². The molecule has 0 unspecified atom stereocenters. The predicted molar refractivity (Wildman–Crippen MR) is 469 cm³/mol. The Bertz CT molecular complexity index is 3870. The molecule has 0 saturated heterocycles. The highest BCUT2D eigenvalue weighted by atomic mass is 16.6. The first-order valence-electron chi connectivity index (χ1n) is 44.1. The average molecular weight is 1860 g/mol. The summed E-state index contributed by atoms with van der Waals surface area (Å²) in [5, 5.41) is 25.7. The molecule has 734 valence electrons. The fourth-order valence-corrected chi connectivity index (χ4v) is 10.9. The molecule has 6 amide bonds. The van der Waals surface area contributed by atoms with Crippen LogP contribution in [0.5, 0.6) is 5.75 Å². The fourth-order valence-electron chi connectivity index (χ4n) is 10.9. The summed E-state index contributed by atoms with van der Waals surface area (Å²) in [6.45, 7) is 24.9. The Morgan fingerprint density at radius 1 is 0.382 bits per heavy atom. The van der Waals surface area contributed by atoms with Gasteiger partial charge in [0.2, 0.25) is 17.6 Å². The summed E-state index contributed by atoms with van der Waals surface area (Å²) in [4.78, 5) is 87.4. The monoisotopic (exact) mass is 1860 g/mol. The summed E-state index contributed by atoms with van der Waals surface area (Å²) in [6, 6.07) is 19.8. The first kappa shape index (κ1) is 111. The third-order valence-corrected chi connectivity index (χ3v) is 17.7. The van der Waals surface area contributed by atoms with Crippen LogP contribution in [-0.2, 0) is 151 Å². The Balaban J connectivity index is 0.554. The molecule has 0 fully saturated rings. The standard InChI is InChI=1S/C88H133N9O34/c1-3-96(88(104)130-77-10-7-73(8-11-77)71-129-87(103)91-76-9-12-78-72(2)67-85(102)131-79(78)69-76)70-80-92-94-86(95-93-80)74-5-4-6-75(68-74)90-82(99)16-19-105-21-23-107-25-27-109-29-31-111-33-35-113-37-39-115-41-43-117-45-47-119-49-51-121-53-55-123-57-59-125-61-63-127-65-66-128-64-62-126-60-58-124-56-54-122-52-50-120-48-46-118-44-42-116-40-38-114-36-34-112-32-30-110-28-26-108-24-22-106-20-17-89-81(98)15-18-97-83(100)13-14-84(97)101/h4-14,67-69H,3,15-66,70-71H2,1-2H3,(H,89,98)(H,90,99)(H,91,103). The molecule has 1 aliphatic heterocycles. The van der Waals surface area contributed by atoms with E-state index in [9.17, 15) is 33.6 Å². The number of rotatable bonds is 87. The molecule has 0 radical (unpaired) electrons. The van der Waals surface area contributed by atoms with E-state index in [4.69, 9.17) is 128 Å². The number of hydrogen-bond acceptors (Lipinski definition) is 38. The van der Waals surface area contributed by atoms with Crippen molar-refractivity contribution in [3.63, 3.8) is 0 Å². The number of carbonyl (C=O) groups is 6. The zero-order chi connectivity index (χ0) is 92.8. The number of aryl methyl sites for hydroxylation is 1. The minimum Gasteiger partial charge on any atom is -0.444 e. The molecule has 5 aromatic rings. The summed E-state index contributed by atoms with van der Waals surface area (Å²) in [6.07, 6.45) is 1.17. The van der Waals surface area contributed by atoms with Crippen molar-refractivity contribution >= 4 is 58.2 Å². The topological polar surface area (TPSA) is 467 Å². The third-order valence-electron chi connectivity index (χ3n) is 17.7. The molecule has 0 bridgehead atoms. The molecule has 3 aromatic carbocycles. The zero-order valence-corrected chi connectivity index (χ0v) is 75.5. The van der Waals surface area contributed by atoms with Crippen LogP contribution >= 0.6 is 0 Å². The molecule has 0 spiro atoms. The quantitative estimate of drug-likeness (QED) is 0.0278. The van der Waals surface area contributed by atoms with Gasteiger partial charge in [0.15, 0.2) is 5.82 Å². The van der Waals surface area contributed by atoms with Crippen molar-refractivity contribution in [3.8, 4) is 17.1 Å². The lowest BCUT2D eigenvalue weighted by Crippen LogP contribution is -2.35. The van der Waals surface area contributed by atoms with Crippen LogP contribution in [0.15, 0.2) is 94.2 Å². The molecular weight excluding hydrogens is 1730 g/mol. The van der Waals surface area contributed by atoms with E-state index in [2.05, 4.69) is 36.3 Å². The third kappa shape index (κ3) is 57.4. The van der Waals surface area contributed by atoms with E-state index in [0.717, 1.165) is 15.8 Å². The van der Waals surface area contributed by atoms with Gasteiger partial charge in [-0.25, -0.2) is 14.4 Å². The van der Waals surface area contributed by atoms with Crippen molar-refractivity contribution in [2.45, 2.75) is 39.8 Å². The van der Waals surface area contributed by atoms with Gasteiger partial charge in [0, 0.05) is 72.7 Å². The Kier molecular flexibility index (Phi) is 64.9. The summed E-state index contributed by atoms with van der Waals surface area (Å²) in [7, 11) is 0. The molecule has 0 saturated carbocycles. The zero-order valence-electron chi connectivity index (χ0n) is 75.5. The number of hydrogen-bond donors (Lipinski definition) is 3. The van der Waals surface area contributed by atoms with E-state index in [0.29, 0.717) is 345 Å². The lowest BCUT2D eigenvalue weighted by atomic mass is 10.1. The molecule has 1 aliphatic rings. The molecule has 3 N–H and O–H groups in total. The number of anilines is 2. The Morgan fingerprint density at radius 2 is 0.740 bits per heavy atom. The molecule has 0 aliphatic carbocycles. The normalized spacial score (nSPS) is 12.0.